The van der Waals surface area contributed by atoms with Crippen molar-refractivity contribution in [3.63, 3.8) is 0 Å². The summed E-state index contributed by atoms with van der Waals surface area (Å²) in [5.74, 6) is 0.566. The number of hydrogen-bond donors (Lipinski definition) is 1. The zero-order chi connectivity index (χ0) is 13.0. The predicted molar refractivity (Wildman–Crippen MR) is 77.3 cm³/mol. The van der Waals surface area contributed by atoms with Gasteiger partial charge in [0.2, 0.25) is 5.95 Å². The Labute approximate surface area is 123 Å². The van der Waals surface area contributed by atoms with E-state index in [1.165, 1.54) is 11.8 Å². The Bertz CT molecular complexity index is 552. The lowest BCUT2D eigenvalue weighted by molar-refractivity contribution is 1.01. The molecule has 0 unspecified atom stereocenters. The minimum Gasteiger partial charge on any atom is -0.354 e. The van der Waals surface area contributed by atoms with E-state index in [2.05, 4.69) is 36.2 Å². The fraction of sp³-hybridized carbons (Fsp3) is 0.182. The van der Waals surface area contributed by atoms with Crippen LogP contribution in [0.2, 0.25) is 5.02 Å². The quantitative estimate of drug-likeness (QED) is 0.852. The number of halogens is 2. The predicted octanol–water partition coefficient (Wildman–Crippen LogP) is 3.87. The molecule has 0 amide bonds. The lowest BCUT2D eigenvalue weighted by atomic mass is 10.5. The van der Waals surface area contributed by atoms with Gasteiger partial charge in [0.05, 0.1) is 15.7 Å². The second-order valence-corrected chi connectivity index (χ2v) is 5.51. The summed E-state index contributed by atoms with van der Waals surface area (Å²) in [5.41, 5.74) is 0. The van der Waals surface area contributed by atoms with Crippen molar-refractivity contribution in [2.24, 2.45) is 0 Å². The summed E-state index contributed by atoms with van der Waals surface area (Å²) >= 11 is 10.9. The van der Waals surface area contributed by atoms with E-state index >= 15 is 0 Å². The molecule has 0 spiro atoms. The Kier molecular flexibility index (Phi) is 4.79. The first-order valence-electron chi connectivity index (χ1n) is 5.25. The highest BCUT2D eigenvalue weighted by Gasteiger charge is 2.10. The summed E-state index contributed by atoms with van der Waals surface area (Å²) < 4.78 is 0.912. The van der Waals surface area contributed by atoms with Crippen molar-refractivity contribution in [2.45, 2.75) is 17.0 Å². The average Bonchev–Trinajstić information content (AvgIpc) is 2.36. The highest BCUT2D eigenvalue weighted by Crippen LogP contribution is 2.34. The molecule has 0 atom stereocenters. The van der Waals surface area contributed by atoms with Crippen molar-refractivity contribution in [2.75, 3.05) is 11.9 Å². The van der Waals surface area contributed by atoms with Crippen LogP contribution in [0.25, 0.3) is 0 Å². The molecule has 2 aromatic rings. The van der Waals surface area contributed by atoms with Crippen molar-refractivity contribution in [3.05, 3.63) is 34.0 Å². The minimum atomic E-state index is 0.513. The molecular weight excluding hydrogens is 336 g/mol. The minimum absolute atomic E-state index is 0.513. The van der Waals surface area contributed by atoms with Crippen LogP contribution >= 0.6 is 39.3 Å². The van der Waals surface area contributed by atoms with Gasteiger partial charge in [0, 0.05) is 12.7 Å². The van der Waals surface area contributed by atoms with Crippen LogP contribution in [0.1, 0.15) is 6.92 Å². The standard InChI is InChI=1S/C11H10BrClN4S/c1-2-14-11-16-6-8(13)10(17-11)18-9-7(12)4-3-5-15-9/h3-6H,2H2,1H3,(H,14,16,17). The van der Waals surface area contributed by atoms with E-state index in [4.69, 9.17) is 11.6 Å². The molecule has 2 heterocycles. The SMILES string of the molecule is CCNc1ncc(Cl)c(Sc2ncccc2Br)n1. The number of aromatic nitrogens is 3. The molecule has 0 aromatic carbocycles. The largest absolute Gasteiger partial charge is 0.354 e. The molecule has 2 rings (SSSR count). The summed E-state index contributed by atoms with van der Waals surface area (Å²) in [7, 11) is 0. The van der Waals surface area contributed by atoms with Crippen LogP contribution in [0, 0.1) is 0 Å². The Balaban J connectivity index is 2.28. The highest BCUT2D eigenvalue weighted by molar-refractivity contribution is 9.10. The third kappa shape index (κ3) is 3.34. The lowest BCUT2D eigenvalue weighted by Gasteiger charge is -2.06. The highest BCUT2D eigenvalue weighted by atomic mass is 79.9. The Hall–Kier alpha value is -0.850. The van der Waals surface area contributed by atoms with Gasteiger partial charge in [-0.05, 0) is 46.7 Å². The molecule has 2 aromatic heterocycles. The first kappa shape index (κ1) is 13.6. The van der Waals surface area contributed by atoms with Crippen LogP contribution in [0.4, 0.5) is 5.95 Å². The number of nitrogens with zero attached hydrogens (tertiary/aromatic N) is 3. The molecule has 7 heteroatoms. The van der Waals surface area contributed by atoms with Crippen LogP contribution in [0.5, 0.6) is 0 Å². The maximum Gasteiger partial charge on any atom is 0.223 e. The third-order valence-electron chi connectivity index (χ3n) is 1.96. The van der Waals surface area contributed by atoms with E-state index in [-0.39, 0.29) is 0 Å². The van der Waals surface area contributed by atoms with Crippen LogP contribution < -0.4 is 5.32 Å². The fourth-order valence-corrected chi connectivity index (χ4v) is 2.65. The van der Waals surface area contributed by atoms with Crippen molar-refractivity contribution in [1.29, 1.82) is 0 Å². The normalized spacial score (nSPS) is 10.4. The number of rotatable bonds is 4. The second kappa shape index (κ2) is 6.36. The van der Waals surface area contributed by atoms with E-state index in [1.54, 1.807) is 12.4 Å². The number of hydrogen-bond acceptors (Lipinski definition) is 5. The Morgan fingerprint density at radius 3 is 2.94 bits per heavy atom. The molecule has 0 radical (unpaired) electrons. The van der Waals surface area contributed by atoms with Crippen LogP contribution in [-0.2, 0) is 0 Å². The van der Waals surface area contributed by atoms with Gasteiger partial charge in [0.25, 0.3) is 0 Å². The van der Waals surface area contributed by atoms with Gasteiger partial charge in [-0.1, -0.05) is 11.6 Å². The Morgan fingerprint density at radius 2 is 2.22 bits per heavy atom. The van der Waals surface area contributed by atoms with E-state index in [1.807, 2.05) is 19.1 Å². The summed E-state index contributed by atoms with van der Waals surface area (Å²) in [6.45, 7) is 2.75. The molecule has 18 heavy (non-hydrogen) atoms. The first-order valence-corrected chi connectivity index (χ1v) is 7.24. The molecular formula is C11H10BrClN4S. The van der Waals surface area contributed by atoms with Gasteiger partial charge in [-0.15, -0.1) is 0 Å². The third-order valence-corrected chi connectivity index (χ3v) is 4.28. The fourth-order valence-electron chi connectivity index (χ4n) is 1.20. The van der Waals surface area contributed by atoms with Crippen molar-refractivity contribution < 1.29 is 0 Å². The summed E-state index contributed by atoms with van der Waals surface area (Å²) in [6.07, 6.45) is 3.32. The van der Waals surface area contributed by atoms with Gasteiger partial charge in [0.15, 0.2) is 0 Å². The second-order valence-electron chi connectivity index (χ2n) is 3.27. The number of pyridine rings is 1. The topological polar surface area (TPSA) is 50.7 Å². The van der Waals surface area contributed by atoms with Gasteiger partial charge in [-0.3, -0.25) is 0 Å². The van der Waals surface area contributed by atoms with Gasteiger partial charge in [0.1, 0.15) is 10.1 Å². The zero-order valence-corrected chi connectivity index (χ0v) is 12.7. The molecule has 1 N–H and O–H groups in total. The molecule has 0 bridgehead atoms. The molecule has 0 aliphatic heterocycles. The summed E-state index contributed by atoms with van der Waals surface area (Å²) in [4.78, 5) is 12.7. The van der Waals surface area contributed by atoms with Crippen molar-refractivity contribution >= 4 is 45.2 Å². The molecule has 4 nitrogen and oxygen atoms in total. The van der Waals surface area contributed by atoms with Crippen LogP contribution in [0.3, 0.4) is 0 Å². The molecule has 0 saturated carbocycles. The number of nitrogens with one attached hydrogen (secondary N) is 1. The van der Waals surface area contributed by atoms with Gasteiger partial charge < -0.3 is 5.32 Å². The lowest BCUT2D eigenvalue weighted by Crippen LogP contribution is -2.02. The summed E-state index contributed by atoms with van der Waals surface area (Å²) in [6, 6.07) is 3.79. The Morgan fingerprint density at radius 1 is 1.39 bits per heavy atom. The van der Waals surface area contributed by atoms with Crippen LogP contribution in [-0.4, -0.2) is 21.5 Å². The van der Waals surface area contributed by atoms with E-state index < -0.39 is 0 Å². The molecule has 0 aliphatic rings. The van der Waals surface area contributed by atoms with E-state index in [9.17, 15) is 0 Å². The molecule has 94 valence electrons. The molecule has 0 saturated heterocycles. The number of anilines is 1. The van der Waals surface area contributed by atoms with E-state index in [0.29, 0.717) is 16.0 Å². The molecule has 0 aliphatic carbocycles. The zero-order valence-electron chi connectivity index (χ0n) is 9.52. The average molecular weight is 346 g/mol. The van der Waals surface area contributed by atoms with E-state index in [0.717, 1.165) is 16.0 Å². The maximum atomic E-state index is 6.08. The monoisotopic (exact) mass is 344 g/mol. The van der Waals surface area contributed by atoms with Crippen LogP contribution in [0.15, 0.2) is 39.1 Å². The smallest absolute Gasteiger partial charge is 0.223 e. The summed E-state index contributed by atoms with van der Waals surface area (Å²) in [5, 5.41) is 5.06. The van der Waals surface area contributed by atoms with Gasteiger partial charge in [-0.25, -0.2) is 15.0 Å². The first-order chi connectivity index (χ1) is 8.70. The van der Waals surface area contributed by atoms with Crippen molar-refractivity contribution in [1.82, 2.24) is 15.0 Å². The van der Waals surface area contributed by atoms with Gasteiger partial charge in [-0.2, -0.15) is 0 Å². The molecule has 0 fully saturated rings. The van der Waals surface area contributed by atoms with Gasteiger partial charge >= 0.3 is 0 Å². The van der Waals surface area contributed by atoms with Crippen molar-refractivity contribution in [3.8, 4) is 0 Å². The maximum absolute atomic E-state index is 6.08.